The number of carbonyl (C=O) groups excluding carboxylic acids is 2. The summed E-state index contributed by atoms with van der Waals surface area (Å²) < 4.78 is 5.33. The van der Waals surface area contributed by atoms with Gasteiger partial charge in [-0.05, 0) is 12.8 Å². The summed E-state index contributed by atoms with van der Waals surface area (Å²) in [4.78, 5) is 24.9. The van der Waals surface area contributed by atoms with Crippen LogP contribution in [0.2, 0.25) is 0 Å². The molecule has 6 heteroatoms. The van der Waals surface area contributed by atoms with Crippen molar-refractivity contribution in [2.45, 2.75) is 25.0 Å². The molecule has 2 rings (SSSR count). The van der Waals surface area contributed by atoms with Gasteiger partial charge in [-0.2, -0.15) is 0 Å². The van der Waals surface area contributed by atoms with E-state index in [2.05, 4.69) is 5.32 Å². The number of primary amides is 1. The Morgan fingerprint density at radius 3 is 2.88 bits per heavy atom. The fourth-order valence-electron chi connectivity index (χ4n) is 2.18. The van der Waals surface area contributed by atoms with Crippen LogP contribution in [-0.4, -0.2) is 55.1 Å². The normalized spacial score (nSPS) is 30.4. The fraction of sp³-hybridized carbons (Fsp3) is 0.800. The zero-order valence-electron chi connectivity index (χ0n) is 9.15. The maximum absolute atomic E-state index is 12.1. The van der Waals surface area contributed by atoms with Crippen LogP contribution in [0.3, 0.4) is 0 Å². The van der Waals surface area contributed by atoms with Gasteiger partial charge in [-0.15, -0.1) is 0 Å². The van der Waals surface area contributed by atoms with Crippen LogP contribution in [0.5, 0.6) is 0 Å². The van der Waals surface area contributed by atoms with E-state index in [1.54, 1.807) is 4.90 Å². The highest BCUT2D eigenvalue weighted by Gasteiger charge is 2.35. The highest BCUT2D eigenvalue weighted by Crippen LogP contribution is 2.16. The standard InChI is InChI=1S/C10H17N3O3/c11-9(14)7-6-12-3-4-13(7)10(15)8-2-1-5-16-8/h7-8,12H,1-6H2,(H2,11,14)/t7?,8-/m0/s1. The van der Waals surface area contributed by atoms with E-state index in [4.69, 9.17) is 10.5 Å². The molecule has 3 N–H and O–H groups in total. The van der Waals surface area contributed by atoms with Crippen LogP contribution in [0, 0.1) is 0 Å². The summed E-state index contributed by atoms with van der Waals surface area (Å²) in [6.07, 6.45) is 1.28. The lowest BCUT2D eigenvalue weighted by molar-refractivity contribution is -0.148. The summed E-state index contributed by atoms with van der Waals surface area (Å²) in [6, 6.07) is -0.537. The average Bonchev–Trinajstić information content (AvgIpc) is 2.81. The Hall–Kier alpha value is -1.14. The number of rotatable bonds is 2. The number of nitrogens with zero attached hydrogens (tertiary/aromatic N) is 1. The van der Waals surface area contributed by atoms with E-state index in [1.165, 1.54) is 0 Å². The van der Waals surface area contributed by atoms with Crippen molar-refractivity contribution >= 4 is 11.8 Å². The first-order valence-corrected chi connectivity index (χ1v) is 5.62. The molecule has 1 unspecified atom stereocenters. The molecule has 16 heavy (non-hydrogen) atoms. The largest absolute Gasteiger partial charge is 0.368 e. The Kier molecular flexibility index (Phi) is 3.40. The average molecular weight is 227 g/mol. The Balaban J connectivity index is 2.04. The molecule has 0 spiro atoms. The number of ether oxygens (including phenoxy) is 1. The van der Waals surface area contributed by atoms with E-state index < -0.39 is 11.9 Å². The van der Waals surface area contributed by atoms with Gasteiger partial charge < -0.3 is 20.7 Å². The van der Waals surface area contributed by atoms with Gasteiger partial charge in [0.05, 0.1) is 0 Å². The summed E-state index contributed by atoms with van der Waals surface area (Å²) in [7, 11) is 0. The Morgan fingerprint density at radius 2 is 2.25 bits per heavy atom. The molecule has 2 heterocycles. The predicted octanol–water partition coefficient (Wildman–Crippen LogP) is -1.55. The lowest BCUT2D eigenvalue weighted by atomic mass is 10.1. The van der Waals surface area contributed by atoms with Gasteiger partial charge in [0.2, 0.25) is 5.91 Å². The maximum Gasteiger partial charge on any atom is 0.252 e. The van der Waals surface area contributed by atoms with Gasteiger partial charge in [-0.25, -0.2) is 0 Å². The summed E-state index contributed by atoms with van der Waals surface area (Å²) >= 11 is 0. The minimum Gasteiger partial charge on any atom is -0.368 e. The number of nitrogens with two attached hydrogens (primary N) is 1. The smallest absolute Gasteiger partial charge is 0.252 e. The van der Waals surface area contributed by atoms with Crippen molar-refractivity contribution < 1.29 is 14.3 Å². The SMILES string of the molecule is NC(=O)C1CNCCN1C(=O)[C@@H]1CCCO1. The molecule has 2 atom stereocenters. The summed E-state index contributed by atoms with van der Waals surface area (Å²) in [5.74, 6) is -0.554. The first-order chi connectivity index (χ1) is 7.70. The molecule has 2 saturated heterocycles. The minimum atomic E-state index is -0.537. The van der Waals surface area contributed by atoms with Crippen molar-refractivity contribution in [1.29, 1.82) is 0 Å². The molecular weight excluding hydrogens is 210 g/mol. The number of carbonyl (C=O) groups is 2. The number of piperazine rings is 1. The van der Waals surface area contributed by atoms with Crippen molar-refractivity contribution in [3.63, 3.8) is 0 Å². The molecule has 2 amide bonds. The first kappa shape index (κ1) is 11.3. The van der Waals surface area contributed by atoms with Gasteiger partial charge in [-0.1, -0.05) is 0 Å². The molecule has 0 aliphatic carbocycles. The van der Waals surface area contributed by atoms with Crippen LogP contribution in [0.15, 0.2) is 0 Å². The molecule has 0 bridgehead atoms. The van der Waals surface area contributed by atoms with E-state index in [0.717, 1.165) is 12.8 Å². The molecular formula is C10H17N3O3. The molecule has 0 saturated carbocycles. The highest BCUT2D eigenvalue weighted by atomic mass is 16.5. The highest BCUT2D eigenvalue weighted by molar-refractivity contribution is 5.89. The molecule has 2 aliphatic heterocycles. The predicted molar refractivity (Wildman–Crippen MR) is 56.5 cm³/mol. The van der Waals surface area contributed by atoms with Crippen molar-refractivity contribution in [1.82, 2.24) is 10.2 Å². The van der Waals surface area contributed by atoms with Crippen LogP contribution in [0.4, 0.5) is 0 Å². The quantitative estimate of drug-likeness (QED) is 0.598. The van der Waals surface area contributed by atoms with Crippen molar-refractivity contribution in [2.24, 2.45) is 5.73 Å². The molecule has 2 aliphatic rings. The van der Waals surface area contributed by atoms with Crippen LogP contribution in [-0.2, 0) is 14.3 Å². The first-order valence-electron chi connectivity index (χ1n) is 5.62. The zero-order valence-corrected chi connectivity index (χ0v) is 9.15. The fourth-order valence-corrected chi connectivity index (χ4v) is 2.18. The van der Waals surface area contributed by atoms with Crippen molar-refractivity contribution in [3.8, 4) is 0 Å². The molecule has 90 valence electrons. The Labute approximate surface area is 94.1 Å². The second-order valence-electron chi connectivity index (χ2n) is 4.16. The Bertz CT molecular complexity index is 289. The number of nitrogens with one attached hydrogen (secondary N) is 1. The van der Waals surface area contributed by atoms with E-state index in [0.29, 0.717) is 26.2 Å². The molecule has 0 aromatic rings. The number of amides is 2. The lowest BCUT2D eigenvalue weighted by Gasteiger charge is -2.35. The maximum atomic E-state index is 12.1. The molecule has 0 aromatic carbocycles. The van der Waals surface area contributed by atoms with Gasteiger partial charge in [0, 0.05) is 26.2 Å². The third-order valence-corrected chi connectivity index (χ3v) is 3.06. The van der Waals surface area contributed by atoms with E-state index in [1.807, 2.05) is 0 Å². The van der Waals surface area contributed by atoms with Crippen LogP contribution in [0.1, 0.15) is 12.8 Å². The van der Waals surface area contributed by atoms with E-state index in [-0.39, 0.29) is 12.0 Å². The van der Waals surface area contributed by atoms with Gasteiger partial charge in [0.15, 0.2) is 0 Å². The van der Waals surface area contributed by atoms with Crippen LogP contribution < -0.4 is 11.1 Å². The third kappa shape index (κ3) is 2.17. The number of hydrogen-bond donors (Lipinski definition) is 2. The van der Waals surface area contributed by atoms with Gasteiger partial charge in [0.1, 0.15) is 12.1 Å². The van der Waals surface area contributed by atoms with Crippen molar-refractivity contribution in [3.05, 3.63) is 0 Å². The van der Waals surface area contributed by atoms with Crippen molar-refractivity contribution in [2.75, 3.05) is 26.2 Å². The van der Waals surface area contributed by atoms with Crippen LogP contribution in [0.25, 0.3) is 0 Å². The minimum absolute atomic E-state index is 0.0946. The molecule has 0 radical (unpaired) electrons. The topological polar surface area (TPSA) is 84.7 Å². The summed E-state index contributed by atoms with van der Waals surface area (Å²) in [5.41, 5.74) is 5.28. The van der Waals surface area contributed by atoms with Crippen LogP contribution >= 0.6 is 0 Å². The second-order valence-corrected chi connectivity index (χ2v) is 4.16. The Morgan fingerprint density at radius 1 is 1.44 bits per heavy atom. The van der Waals surface area contributed by atoms with Gasteiger partial charge >= 0.3 is 0 Å². The van der Waals surface area contributed by atoms with Gasteiger partial charge in [0.25, 0.3) is 5.91 Å². The monoisotopic (exact) mass is 227 g/mol. The summed E-state index contributed by atoms with van der Waals surface area (Å²) in [6.45, 7) is 2.28. The zero-order chi connectivity index (χ0) is 11.5. The molecule has 0 aromatic heterocycles. The number of hydrogen-bond acceptors (Lipinski definition) is 4. The van der Waals surface area contributed by atoms with E-state index in [9.17, 15) is 9.59 Å². The van der Waals surface area contributed by atoms with Gasteiger partial charge in [-0.3, -0.25) is 9.59 Å². The second kappa shape index (κ2) is 4.80. The molecule has 2 fully saturated rings. The summed E-state index contributed by atoms with van der Waals surface area (Å²) in [5, 5.41) is 3.06. The third-order valence-electron chi connectivity index (χ3n) is 3.06. The lowest BCUT2D eigenvalue weighted by Crippen LogP contribution is -2.60. The van der Waals surface area contributed by atoms with E-state index >= 15 is 0 Å². The molecule has 6 nitrogen and oxygen atoms in total.